The Kier molecular flexibility index (Phi) is 4.58. The fourth-order valence-electron chi connectivity index (χ4n) is 1.36. The topological polar surface area (TPSA) is 29.5 Å². The van der Waals surface area contributed by atoms with Crippen LogP contribution < -0.4 is 0 Å². The summed E-state index contributed by atoms with van der Waals surface area (Å²) in [5.41, 5.74) is 1.09. The molecule has 0 aliphatic carbocycles. The van der Waals surface area contributed by atoms with Crippen LogP contribution in [0.25, 0.3) is 0 Å². The highest BCUT2D eigenvalue weighted by molar-refractivity contribution is 9.10. The first kappa shape index (κ1) is 11.7. The number of benzene rings is 1. The van der Waals surface area contributed by atoms with Crippen LogP contribution in [0.2, 0.25) is 0 Å². The van der Waals surface area contributed by atoms with Crippen LogP contribution in [0, 0.1) is 0 Å². The van der Waals surface area contributed by atoms with Crippen molar-refractivity contribution in [2.45, 2.75) is 25.6 Å². The Balaban J connectivity index is 2.73. The maximum Gasteiger partial charge on any atom is 0.0845 e. The molecule has 0 saturated carbocycles. The van der Waals surface area contributed by atoms with Crippen LogP contribution in [0.3, 0.4) is 0 Å². The summed E-state index contributed by atoms with van der Waals surface area (Å²) < 4.78 is 6.36. The van der Waals surface area contributed by atoms with Crippen LogP contribution in [-0.4, -0.2) is 18.3 Å². The van der Waals surface area contributed by atoms with Gasteiger partial charge in [0.05, 0.1) is 12.2 Å². The molecule has 0 saturated heterocycles. The van der Waals surface area contributed by atoms with Crippen LogP contribution in [0.4, 0.5) is 0 Å². The molecular formula is C11H15BrO2. The predicted octanol–water partition coefficient (Wildman–Crippen LogP) is 2.91. The van der Waals surface area contributed by atoms with Gasteiger partial charge in [-0.2, -0.15) is 0 Å². The number of aliphatic hydroxyl groups excluding tert-OH is 1. The van der Waals surface area contributed by atoms with E-state index in [9.17, 15) is 5.11 Å². The average Bonchev–Trinajstić information content (AvgIpc) is 2.15. The van der Waals surface area contributed by atoms with Gasteiger partial charge in [0.2, 0.25) is 0 Å². The molecule has 1 aromatic rings. The van der Waals surface area contributed by atoms with Crippen molar-refractivity contribution in [3.05, 3.63) is 34.3 Å². The Morgan fingerprint density at radius 3 is 2.36 bits per heavy atom. The van der Waals surface area contributed by atoms with Crippen LogP contribution in [0.1, 0.15) is 25.0 Å². The lowest BCUT2D eigenvalue weighted by Gasteiger charge is -2.17. The molecule has 2 unspecified atom stereocenters. The minimum atomic E-state index is -0.344. The highest BCUT2D eigenvalue weighted by Gasteiger charge is 2.12. The molecule has 0 radical (unpaired) electrons. The van der Waals surface area contributed by atoms with Gasteiger partial charge in [-0.15, -0.1) is 0 Å². The Morgan fingerprint density at radius 2 is 1.93 bits per heavy atom. The number of aliphatic hydroxyl groups is 1. The summed E-state index contributed by atoms with van der Waals surface area (Å²) in [6.07, 6.45) is 0.254. The van der Waals surface area contributed by atoms with Crippen molar-refractivity contribution in [2.24, 2.45) is 0 Å². The van der Waals surface area contributed by atoms with Gasteiger partial charge in [-0.25, -0.2) is 0 Å². The summed E-state index contributed by atoms with van der Waals surface area (Å²) in [7, 11) is 1.66. The van der Waals surface area contributed by atoms with Gasteiger partial charge in [-0.05, 0) is 24.6 Å². The Hall–Kier alpha value is -0.380. The zero-order valence-corrected chi connectivity index (χ0v) is 9.99. The van der Waals surface area contributed by atoms with E-state index < -0.39 is 0 Å². The van der Waals surface area contributed by atoms with Crippen LogP contribution >= 0.6 is 15.9 Å². The molecular weight excluding hydrogens is 244 g/mol. The van der Waals surface area contributed by atoms with Gasteiger partial charge in [-0.1, -0.05) is 28.1 Å². The average molecular weight is 259 g/mol. The predicted molar refractivity (Wildman–Crippen MR) is 60.2 cm³/mol. The van der Waals surface area contributed by atoms with E-state index in [0.717, 1.165) is 10.0 Å². The summed E-state index contributed by atoms with van der Waals surface area (Å²) in [6.45, 7) is 1.77. The molecule has 0 spiro atoms. The molecule has 2 atom stereocenters. The summed E-state index contributed by atoms with van der Waals surface area (Å²) in [4.78, 5) is 0. The molecule has 0 heterocycles. The summed E-state index contributed by atoms with van der Waals surface area (Å²) in [5, 5.41) is 9.28. The third-order valence-corrected chi connectivity index (χ3v) is 2.61. The van der Waals surface area contributed by atoms with E-state index in [4.69, 9.17) is 4.74 Å². The van der Waals surface area contributed by atoms with Gasteiger partial charge in [0.15, 0.2) is 0 Å². The van der Waals surface area contributed by atoms with Gasteiger partial charge >= 0.3 is 0 Å². The molecule has 14 heavy (non-hydrogen) atoms. The first-order chi connectivity index (χ1) is 6.63. The van der Waals surface area contributed by atoms with Crippen molar-refractivity contribution in [2.75, 3.05) is 7.11 Å². The van der Waals surface area contributed by atoms with Crippen LogP contribution in [0.5, 0.6) is 0 Å². The standard InChI is InChI=1S/C11H15BrO2/c1-8(13)7-11(14-2)9-3-5-10(12)6-4-9/h3-6,8,11,13H,7H2,1-2H3. The van der Waals surface area contributed by atoms with Crippen molar-refractivity contribution in [3.63, 3.8) is 0 Å². The van der Waals surface area contributed by atoms with Crippen molar-refractivity contribution in [1.82, 2.24) is 0 Å². The maximum atomic E-state index is 9.28. The Bertz CT molecular complexity index is 269. The number of rotatable bonds is 4. The summed E-state index contributed by atoms with van der Waals surface area (Å²) >= 11 is 3.38. The van der Waals surface area contributed by atoms with E-state index in [1.54, 1.807) is 14.0 Å². The van der Waals surface area contributed by atoms with Crippen molar-refractivity contribution < 1.29 is 9.84 Å². The molecule has 1 rings (SSSR count). The highest BCUT2D eigenvalue weighted by Crippen LogP contribution is 2.23. The molecule has 1 aromatic carbocycles. The highest BCUT2D eigenvalue weighted by atomic mass is 79.9. The van der Waals surface area contributed by atoms with Gasteiger partial charge in [-0.3, -0.25) is 0 Å². The van der Waals surface area contributed by atoms with Gasteiger partial charge in [0.25, 0.3) is 0 Å². The molecule has 78 valence electrons. The third kappa shape index (κ3) is 3.40. The number of methoxy groups -OCH3 is 1. The minimum Gasteiger partial charge on any atom is -0.393 e. The lowest BCUT2D eigenvalue weighted by molar-refractivity contribution is 0.0510. The molecule has 0 aromatic heterocycles. The molecule has 0 fully saturated rings. The van der Waals surface area contributed by atoms with E-state index in [-0.39, 0.29) is 12.2 Å². The Morgan fingerprint density at radius 1 is 1.36 bits per heavy atom. The van der Waals surface area contributed by atoms with E-state index in [0.29, 0.717) is 6.42 Å². The lowest BCUT2D eigenvalue weighted by atomic mass is 10.0. The van der Waals surface area contributed by atoms with Gasteiger partial charge < -0.3 is 9.84 Å². The molecule has 0 aliphatic heterocycles. The van der Waals surface area contributed by atoms with E-state index >= 15 is 0 Å². The second kappa shape index (κ2) is 5.49. The summed E-state index contributed by atoms with van der Waals surface area (Å²) in [5.74, 6) is 0. The maximum absolute atomic E-state index is 9.28. The fourth-order valence-corrected chi connectivity index (χ4v) is 1.62. The molecule has 0 aliphatic rings. The SMILES string of the molecule is COC(CC(C)O)c1ccc(Br)cc1. The smallest absolute Gasteiger partial charge is 0.0845 e. The zero-order valence-electron chi connectivity index (χ0n) is 8.40. The fraction of sp³-hybridized carbons (Fsp3) is 0.455. The van der Waals surface area contributed by atoms with E-state index in [2.05, 4.69) is 15.9 Å². The van der Waals surface area contributed by atoms with Crippen LogP contribution in [-0.2, 0) is 4.74 Å². The monoisotopic (exact) mass is 258 g/mol. The van der Waals surface area contributed by atoms with Gasteiger partial charge in [0, 0.05) is 18.0 Å². The molecule has 0 bridgehead atoms. The molecule has 2 nitrogen and oxygen atoms in total. The first-order valence-electron chi connectivity index (χ1n) is 4.60. The van der Waals surface area contributed by atoms with Gasteiger partial charge in [0.1, 0.15) is 0 Å². The number of hydrogen-bond donors (Lipinski definition) is 1. The number of halogens is 1. The van der Waals surface area contributed by atoms with Crippen LogP contribution in [0.15, 0.2) is 28.7 Å². The largest absolute Gasteiger partial charge is 0.393 e. The zero-order chi connectivity index (χ0) is 10.6. The minimum absolute atomic E-state index is 0.0249. The van der Waals surface area contributed by atoms with Crippen molar-refractivity contribution in [3.8, 4) is 0 Å². The van der Waals surface area contributed by atoms with E-state index in [1.807, 2.05) is 24.3 Å². The second-order valence-electron chi connectivity index (χ2n) is 3.36. The Labute approximate surface area is 93.0 Å². The molecule has 0 amide bonds. The van der Waals surface area contributed by atoms with Crippen molar-refractivity contribution >= 4 is 15.9 Å². The lowest BCUT2D eigenvalue weighted by Crippen LogP contribution is -2.10. The summed E-state index contributed by atoms with van der Waals surface area (Å²) in [6, 6.07) is 7.95. The van der Waals surface area contributed by atoms with Crippen molar-refractivity contribution in [1.29, 1.82) is 0 Å². The number of ether oxygens (including phenoxy) is 1. The third-order valence-electron chi connectivity index (χ3n) is 2.08. The van der Waals surface area contributed by atoms with E-state index in [1.165, 1.54) is 0 Å². The quantitative estimate of drug-likeness (QED) is 0.900. The molecule has 1 N–H and O–H groups in total. The molecule has 3 heteroatoms. The second-order valence-corrected chi connectivity index (χ2v) is 4.28. The number of hydrogen-bond acceptors (Lipinski definition) is 2. The normalized spacial score (nSPS) is 15.1. The first-order valence-corrected chi connectivity index (χ1v) is 5.39.